The first-order chi connectivity index (χ1) is 15.0. The molecule has 2 heterocycles. The second-order valence-electron chi connectivity index (χ2n) is 6.54. The molecule has 0 aliphatic carbocycles. The number of carbonyl (C=O) groups excluding carboxylic acids is 1. The quantitative estimate of drug-likeness (QED) is 0.492. The molecule has 0 bridgehead atoms. The number of benzene rings is 2. The van der Waals surface area contributed by atoms with Gasteiger partial charge in [0.05, 0.1) is 12.8 Å². The Morgan fingerprint density at radius 1 is 1.16 bits per heavy atom. The summed E-state index contributed by atoms with van der Waals surface area (Å²) in [5.74, 6) is 0.486. The van der Waals surface area contributed by atoms with Crippen LogP contribution in [0.2, 0.25) is 5.02 Å². The van der Waals surface area contributed by atoms with E-state index in [2.05, 4.69) is 15.5 Å². The molecule has 1 amide bonds. The van der Waals surface area contributed by atoms with Gasteiger partial charge < -0.3 is 19.1 Å². The minimum absolute atomic E-state index is 0.0788. The topological polar surface area (TPSA) is 99.2 Å². The zero-order valence-electron chi connectivity index (χ0n) is 16.4. The third-order valence-corrected chi connectivity index (χ3v) is 4.69. The molecule has 0 atom stereocenters. The van der Waals surface area contributed by atoms with Crippen LogP contribution >= 0.6 is 11.6 Å². The maximum Gasteiger partial charge on any atom is 0.263 e. The van der Waals surface area contributed by atoms with Gasteiger partial charge in [0, 0.05) is 16.8 Å². The van der Waals surface area contributed by atoms with Gasteiger partial charge in [0.2, 0.25) is 11.7 Å². The van der Waals surface area contributed by atoms with E-state index < -0.39 is 11.5 Å². The molecule has 0 saturated carbocycles. The second-order valence-corrected chi connectivity index (χ2v) is 6.97. The molecule has 0 aliphatic rings. The number of ether oxygens (including phenoxy) is 1. The smallest absolute Gasteiger partial charge is 0.263 e. The molecule has 8 nitrogen and oxygen atoms in total. The van der Waals surface area contributed by atoms with E-state index in [1.54, 1.807) is 30.3 Å². The normalized spacial score (nSPS) is 10.6. The molecule has 1 N–H and O–H groups in total. The molecule has 9 heteroatoms. The van der Waals surface area contributed by atoms with Gasteiger partial charge in [-0.05, 0) is 30.3 Å². The first-order valence-corrected chi connectivity index (χ1v) is 9.65. The first kappa shape index (κ1) is 20.4. The second kappa shape index (κ2) is 8.85. The van der Waals surface area contributed by atoms with Crippen molar-refractivity contribution in [2.45, 2.75) is 6.54 Å². The van der Waals surface area contributed by atoms with Crippen molar-refractivity contribution in [1.82, 2.24) is 14.7 Å². The summed E-state index contributed by atoms with van der Waals surface area (Å²) in [5, 5.41) is 7.09. The molecule has 156 valence electrons. The lowest BCUT2D eigenvalue weighted by atomic mass is 10.2. The monoisotopic (exact) mass is 436 g/mol. The van der Waals surface area contributed by atoms with Crippen molar-refractivity contribution < 1.29 is 14.1 Å². The summed E-state index contributed by atoms with van der Waals surface area (Å²) in [6.07, 6.45) is 1.51. The van der Waals surface area contributed by atoms with Crippen LogP contribution in [0.3, 0.4) is 0 Å². The van der Waals surface area contributed by atoms with Crippen LogP contribution in [-0.4, -0.2) is 27.7 Å². The predicted octanol–water partition coefficient (Wildman–Crippen LogP) is 3.87. The molecule has 0 saturated heterocycles. The number of nitrogens with one attached hydrogen (secondary N) is 1. The van der Waals surface area contributed by atoms with E-state index in [-0.39, 0.29) is 18.0 Å². The number of pyridine rings is 1. The fourth-order valence-electron chi connectivity index (χ4n) is 2.98. The van der Waals surface area contributed by atoms with E-state index in [1.807, 2.05) is 30.3 Å². The number of nitrogens with zero attached hydrogens (tertiary/aromatic N) is 3. The third kappa shape index (κ3) is 4.49. The number of amides is 1. The van der Waals surface area contributed by atoms with Crippen molar-refractivity contribution in [3.8, 4) is 28.6 Å². The van der Waals surface area contributed by atoms with Crippen LogP contribution in [0.1, 0.15) is 0 Å². The number of methoxy groups -OCH3 is 1. The highest BCUT2D eigenvalue weighted by molar-refractivity contribution is 6.31. The van der Waals surface area contributed by atoms with Crippen molar-refractivity contribution in [1.29, 1.82) is 0 Å². The first-order valence-electron chi connectivity index (χ1n) is 9.27. The summed E-state index contributed by atoms with van der Waals surface area (Å²) in [6, 6.07) is 17.3. The summed E-state index contributed by atoms with van der Waals surface area (Å²) < 4.78 is 11.8. The molecule has 0 radical (unpaired) electrons. The molecular formula is C22H17ClN4O4. The Bertz CT molecular complexity index is 1280. The summed E-state index contributed by atoms with van der Waals surface area (Å²) in [4.78, 5) is 29.7. The lowest BCUT2D eigenvalue weighted by Gasteiger charge is -2.11. The molecule has 2 aromatic heterocycles. The minimum Gasteiger partial charge on any atom is -0.495 e. The van der Waals surface area contributed by atoms with Gasteiger partial charge in [-0.2, -0.15) is 4.98 Å². The highest BCUT2D eigenvalue weighted by atomic mass is 35.5. The number of rotatable bonds is 6. The molecule has 0 fully saturated rings. The molecule has 0 unspecified atom stereocenters. The van der Waals surface area contributed by atoms with E-state index in [1.165, 1.54) is 17.9 Å². The van der Waals surface area contributed by atoms with Crippen LogP contribution in [0.5, 0.6) is 5.75 Å². The molecule has 2 aromatic carbocycles. The molecule has 31 heavy (non-hydrogen) atoms. The Morgan fingerprint density at radius 3 is 2.74 bits per heavy atom. The van der Waals surface area contributed by atoms with Crippen molar-refractivity contribution in [3.63, 3.8) is 0 Å². The van der Waals surface area contributed by atoms with Crippen LogP contribution in [0.25, 0.3) is 22.8 Å². The van der Waals surface area contributed by atoms with Gasteiger partial charge in [0.25, 0.3) is 11.4 Å². The van der Waals surface area contributed by atoms with Gasteiger partial charge in [0.15, 0.2) is 0 Å². The van der Waals surface area contributed by atoms with Crippen molar-refractivity contribution >= 4 is 23.2 Å². The highest BCUT2D eigenvalue weighted by Crippen LogP contribution is 2.27. The SMILES string of the molecule is COc1ccc(Cl)cc1NC(=O)Cn1cccc(-c2nc(-c3ccccc3)no2)c1=O. The van der Waals surface area contributed by atoms with Gasteiger partial charge in [-0.1, -0.05) is 47.1 Å². The average Bonchev–Trinajstić information content (AvgIpc) is 3.26. The number of aromatic nitrogens is 3. The number of carbonyl (C=O) groups is 1. The number of anilines is 1. The highest BCUT2D eigenvalue weighted by Gasteiger charge is 2.16. The Kier molecular flexibility index (Phi) is 5.81. The summed E-state index contributed by atoms with van der Waals surface area (Å²) in [5.41, 5.74) is 0.946. The van der Waals surface area contributed by atoms with Crippen molar-refractivity contribution in [3.05, 3.63) is 82.2 Å². The predicted molar refractivity (Wildman–Crippen MR) is 116 cm³/mol. The molecule has 0 aliphatic heterocycles. The fraction of sp³-hybridized carbons (Fsp3) is 0.0909. The van der Waals surface area contributed by atoms with Gasteiger partial charge in [-0.15, -0.1) is 0 Å². The van der Waals surface area contributed by atoms with Crippen LogP contribution in [0.4, 0.5) is 5.69 Å². The Labute approximate surface area is 182 Å². The van der Waals surface area contributed by atoms with Crippen LogP contribution < -0.4 is 15.6 Å². The Balaban J connectivity index is 1.56. The van der Waals surface area contributed by atoms with Crippen LogP contribution in [0, 0.1) is 0 Å². The number of hydrogen-bond acceptors (Lipinski definition) is 6. The molecule has 4 rings (SSSR count). The van der Waals surface area contributed by atoms with E-state index in [0.29, 0.717) is 22.3 Å². The lowest BCUT2D eigenvalue weighted by molar-refractivity contribution is -0.116. The molecule has 4 aromatic rings. The van der Waals surface area contributed by atoms with E-state index in [4.69, 9.17) is 20.9 Å². The standard InChI is InChI=1S/C22H17ClN4O4/c1-30-18-10-9-15(23)12-17(18)24-19(28)13-27-11-5-8-16(22(27)29)21-25-20(26-31-21)14-6-3-2-4-7-14/h2-12H,13H2,1H3,(H,24,28). The lowest BCUT2D eigenvalue weighted by Crippen LogP contribution is -2.28. The fourth-order valence-corrected chi connectivity index (χ4v) is 3.16. The van der Waals surface area contributed by atoms with Crippen LogP contribution in [-0.2, 0) is 11.3 Å². The number of hydrogen-bond donors (Lipinski definition) is 1. The van der Waals surface area contributed by atoms with Gasteiger partial charge in [-0.25, -0.2) is 0 Å². The van der Waals surface area contributed by atoms with Gasteiger partial charge in [0.1, 0.15) is 17.9 Å². The van der Waals surface area contributed by atoms with Crippen LogP contribution in [0.15, 0.2) is 76.2 Å². The third-order valence-electron chi connectivity index (χ3n) is 4.46. The summed E-state index contributed by atoms with van der Waals surface area (Å²) in [7, 11) is 1.49. The maximum atomic E-state index is 12.9. The zero-order valence-corrected chi connectivity index (χ0v) is 17.2. The average molecular weight is 437 g/mol. The van der Waals surface area contributed by atoms with E-state index in [9.17, 15) is 9.59 Å². The molecule has 0 spiro atoms. The Hall–Kier alpha value is -3.91. The van der Waals surface area contributed by atoms with Gasteiger partial charge in [-0.3, -0.25) is 9.59 Å². The van der Waals surface area contributed by atoms with Gasteiger partial charge >= 0.3 is 0 Å². The van der Waals surface area contributed by atoms with E-state index >= 15 is 0 Å². The van der Waals surface area contributed by atoms with E-state index in [0.717, 1.165) is 5.56 Å². The molecular weight excluding hydrogens is 420 g/mol. The van der Waals surface area contributed by atoms with Crippen molar-refractivity contribution in [2.75, 3.05) is 12.4 Å². The largest absolute Gasteiger partial charge is 0.495 e. The van der Waals surface area contributed by atoms with Crippen molar-refractivity contribution in [2.24, 2.45) is 0 Å². The minimum atomic E-state index is -0.432. The zero-order chi connectivity index (χ0) is 21.8. The summed E-state index contributed by atoms with van der Waals surface area (Å²) >= 11 is 5.99. The summed E-state index contributed by atoms with van der Waals surface area (Å²) in [6.45, 7) is -0.220. The maximum absolute atomic E-state index is 12.9. The Morgan fingerprint density at radius 2 is 1.97 bits per heavy atom. The number of halogens is 1.